The minimum Gasteiger partial charge on any atom is -0.493 e. The van der Waals surface area contributed by atoms with E-state index in [1.807, 2.05) is 48.2 Å². The summed E-state index contributed by atoms with van der Waals surface area (Å²) in [6.45, 7) is 3.57. The summed E-state index contributed by atoms with van der Waals surface area (Å²) in [7, 11) is 2.70. The Hall–Kier alpha value is -3.99. The number of carbonyl (C=O) groups excluding carboxylic acids is 2. The van der Waals surface area contributed by atoms with Gasteiger partial charge in [-0.3, -0.25) is 9.59 Å². The predicted octanol–water partition coefficient (Wildman–Crippen LogP) is 5.88. The molecule has 2 amide bonds. The van der Waals surface area contributed by atoms with Gasteiger partial charge in [-0.2, -0.15) is 0 Å². The fourth-order valence-electron chi connectivity index (χ4n) is 7.80. The number of nitrogens with zero attached hydrogens (tertiary/aromatic N) is 1. The van der Waals surface area contributed by atoms with Gasteiger partial charge in [0.15, 0.2) is 11.5 Å². The smallest absolute Gasteiger partial charge is 0.493 e. The zero-order valence-electron chi connectivity index (χ0n) is 25.8. The maximum atomic E-state index is 14.9. The number of carboxylic acid groups (broad SMARTS) is 1. The van der Waals surface area contributed by atoms with Crippen molar-refractivity contribution in [2.24, 2.45) is 11.7 Å². The molecule has 3 aromatic carbocycles. The Kier molecular flexibility index (Phi) is 9.72. The maximum absolute atomic E-state index is 14.9. The van der Waals surface area contributed by atoms with Crippen LogP contribution in [-0.2, 0) is 10.2 Å². The Morgan fingerprint density at radius 1 is 1.02 bits per heavy atom. The van der Waals surface area contributed by atoms with E-state index in [0.717, 1.165) is 24.1 Å². The quantitative estimate of drug-likeness (QED) is 0.190. The molecule has 0 spiro atoms. The second kappa shape index (κ2) is 13.4. The second-order valence-electron chi connectivity index (χ2n) is 11.6. The van der Waals surface area contributed by atoms with Crippen LogP contribution >= 0.6 is 23.2 Å². The lowest BCUT2D eigenvalue weighted by atomic mass is 9.51. The number of amides is 2. The Bertz CT molecular complexity index is 1610. The average Bonchev–Trinajstić information content (AvgIpc) is 3.61. The molecule has 0 aliphatic carbocycles. The molecule has 0 aromatic heterocycles. The largest absolute Gasteiger partial charge is 0.511 e. The van der Waals surface area contributed by atoms with Gasteiger partial charge in [0.05, 0.1) is 35.2 Å². The molecule has 2 aliphatic rings. The first-order valence-corrected chi connectivity index (χ1v) is 15.8. The maximum Gasteiger partial charge on any atom is 0.511 e. The fourth-order valence-corrected chi connectivity index (χ4v) is 8.11. The highest BCUT2D eigenvalue weighted by Gasteiger charge is 2.64. The van der Waals surface area contributed by atoms with Crippen molar-refractivity contribution in [2.45, 2.75) is 43.1 Å². The van der Waals surface area contributed by atoms with Gasteiger partial charge in [0, 0.05) is 24.6 Å². The topological polar surface area (TPSA) is 140 Å². The van der Waals surface area contributed by atoms with Crippen molar-refractivity contribution in [3.8, 4) is 17.2 Å². The van der Waals surface area contributed by atoms with Crippen LogP contribution in [0.2, 0.25) is 10.0 Å². The van der Waals surface area contributed by atoms with Crippen molar-refractivity contribution in [2.75, 3.05) is 33.9 Å². The molecule has 2 aliphatic heterocycles. The summed E-state index contributed by atoms with van der Waals surface area (Å²) in [5.41, 5.74) is 6.00. The zero-order valence-corrected chi connectivity index (χ0v) is 27.4. The van der Waals surface area contributed by atoms with Crippen molar-refractivity contribution in [3.05, 3.63) is 87.4 Å². The number of benzene rings is 3. The highest BCUT2D eigenvalue weighted by molar-refractivity contribution is 6.42. The number of piperidine rings is 1. The van der Waals surface area contributed by atoms with Crippen molar-refractivity contribution >= 4 is 41.2 Å². The Balaban J connectivity index is 1.79. The van der Waals surface area contributed by atoms with Crippen LogP contribution in [0.1, 0.15) is 53.6 Å². The number of hydrogen-bond acceptors (Lipinski definition) is 7. The predicted molar refractivity (Wildman–Crippen MR) is 174 cm³/mol. The highest BCUT2D eigenvalue weighted by atomic mass is 35.5. The van der Waals surface area contributed by atoms with E-state index in [0.29, 0.717) is 23.0 Å². The van der Waals surface area contributed by atoms with E-state index in [4.69, 9.17) is 43.1 Å². The Morgan fingerprint density at radius 3 is 2.22 bits per heavy atom. The molecule has 4 unspecified atom stereocenters. The van der Waals surface area contributed by atoms with Crippen LogP contribution in [0.3, 0.4) is 0 Å². The first-order chi connectivity index (χ1) is 22.0. The first-order valence-electron chi connectivity index (χ1n) is 15.0. The van der Waals surface area contributed by atoms with Crippen LogP contribution in [0.4, 0.5) is 4.79 Å². The van der Waals surface area contributed by atoms with Gasteiger partial charge in [-0.25, -0.2) is 4.79 Å². The van der Waals surface area contributed by atoms with Crippen LogP contribution in [0.5, 0.6) is 17.2 Å². The van der Waals surface area contributed by atoms with Crippen LogP contribution in [0.15, 0.2) is 60.7 Å². The van der Waals surface area contributed by atoms with Gasteiger partial charge in [0.25, 0.3) is 5.91 Å². The molecule has 10 nitrogen and oxygen atoms in total. The summed E-state index contributed by atoms with van der Waals surface area (Å²) in [5, 5.41) is 13.5. The van der Waals surface area contributed by atoms with Crippen LogP contribution in [0, 0.1) is 5.92 Å². The Morgan fingerprint density at radius 2 is 1.70 bits per heavy atom. The highest BCUT2D eigenvalue weighted by Crippen LogP contribution is 2.59. The minimum absolute atomic E-state index is 0.0172. The number of primary amides is 1. The van der Waals surface area contributed by atoms with E-state index in [1.165, 1.54) is 26.4 Å². The molecule has 12 heteroatoms. The molecule has 0 bridgehead atoms. The number of nitrogens with two attached hydrogens (primary N) is 1. The summed E-state index contributed by atoms with van der Waals surface area (Å²) < 4.78 is 15.8. The lowest BCUT2D eigenvalue weighted by Crippen LogP contribution is -2.70. The average molecular weight is 671 g/mol. The molecule has 0 saturated carbocycles. The van der Waals surface area contributed by atoms with Crippen molar-refractivity contribution in [3.63, 3.8) is 0 Å². The number of ether oxygens (including phenoxy) is 3. The van der Waals surface area contributed by atoms with Gasteiger partial charge < -0.3 is 35.3 Å². The molecule has 46 heavy (non-hydrogen) atoms. The van der Waals surface area contributed by atoms with Crippen molar-refractivity contribution < 1.29 is 33.7 Å². The number of carbonyl (C=O) groups is 3. The van der Waals surface area contributed by atoms with E-state index in [9.17, 15) is 19.5 Å². The van der Waals surface area contributed by atoms with E-state index in [-0.39, 0.29) is 47.6 Å². The molecule has 2 fully saturated rings. The van der Waals surface area contributed by atoms with Gasteiger partial charge in [-0.15, -0.1) is 0 Å². The molecule has 4 N–H and O–H groups in total. The standard InChI is InChI=1S/C34H37Cl2N3O7/c1-4-34(23-12-14-38-19-23)29(20-10-11-24(35)25(36)16-20)33(31(37)41,22-8-6-5-7-9-22)13-15-39(34)30(40)21-17-26(44-2)28(46-32(42)43)27(18-21)45-3/h5-11,16-18,23,29,38H,4,12-15,19H2,1-3H3,(H2,37,41)(H,42,43). The number of hydrogen-bond donors (Lipinski definition) is 3. The summed E-state index contributed by atoms with van der Waals surface area (Å²) in [4.78, 5) is 42.2. The lowest BCUT2D eigenvalue weighted by molar-refractivity contribution is -0.131. The zero-order chi connectivity index (χ0) is 33.2. The molecule has 5 rings (SSSR count). The van der Waals surface area contributed by atoms with E-state index < -0.39 is 28.9 Å². The molecule has 0 radical (unpaired) electrons. The SMILES string of the molecule is CCC1(C2CCNC2)C(c2ccc(Cl)c(Cl)c2)C(C(N)=O)(c2ccccc2)CCN1C(=O)c1cc(OC)c(OC(=O)O)c(OC)c1. The third-order valence-electron chi connectivity index (χ3n) is 9.71. The molecule has 244 valence electrons. The first kappa shape index (κ1) is 33.4. The third kappa shape index (κ3) is 5.52. The van der Waals surface area contributed by atoms with E-state index in [1.54, 1.807) is 12.1 Å². The van der Waals surface area contributed by atoms with Crippen LogP contribution < -0.4 is 25.3 Å². The summed E-state index contributed by atoms with van der Waals surface area (Å²) >= 11 is 13.0. The Labute approximate surface area is 277 Å². The number of likely N-dealkylation sites (tertiary alicyclic amines) is 1. The monoisotopic (exact) mass is 669 g/mol. The van der Waals surface area contributed by atoms with Crippen LogP contribution in [-0.4, -0.2) is 67.4 Å². The molecular weight excluding hydrogens is 633 g/mol. The number of rotatable bonds is 9. The van der Waals surface area contributed by atoms with Gasteiger partial charge in [-0.1, -0.05) is 66.5 Å². The van der Waals surface area contributed by atoms with E-state index >= 15 is 0 Å². The summed E-state index contributed by atoms with van der Waals surface area (Å²) in [6, 6.07) is 17.7. The van der Waals surface area contributed by atoms with Crippen LogP contribution in [0.25, 0.3) is 0 Å². The molecule has 2 saturated heterocycles. The minimum atomic E-state index is -1.56. The van der Waals surface area contributed by atoms with Gasteiger partial charge in [0.2, 0.25) is 11.7 Å². The second-order valence-corrected chi connectivity index (χ2v) is 12.4. The van der Waals surface area contributed by atoms with Gasteiger partial charge >= 0.3 is 6.16 Å². The summed E-state index contributed by atoms with van der Waals surface area (Å²) in [6.07, 6.45) is -0.0957. The number of methoxy groups -OCH3 is 2. The normalized spacial score (nSPS) is 24.3. The number of nitrogens with one attached hydrogen (secondary N) is 1. The molecule has 4 atom stereocenters. The molecule has 3 aromatic rings. The summed E-state index contributed by atoms with van der Waals surface area (Å²) in [5.74, 6) is -1.68. The lowest BCUT2D eigenvalue weighted by Gasteiger charge is -2.61. The van der Waals surface area contributed by atoms with Crippen molar-refractivity contribution in [1.29, 1.82) is 0 Å². The van der Waals surface area contributed by atoms with Crippen molar-refractivity contribution in [1.82, 2.24) is 10.2 Å². The van der Waals surface area contributed by atoms with E-state index in [2.05, 4.69) is 5.32 Å². The third-order valence-corrected chi connectivity index (χ3v) is 10.4. The fraction of sp³-hybridized carbons (Fsp3) is 0.382. The number of halogens is 2. The molecular formula is C34H37Cl2N3O7. The molecule has 2 heterocycles. The van der Waals surface area contributed by atoms with Gasteiger partial charge in [-0.05, 0) is 67.1 Å². The van der Waals surface area contributed by atoms with Gasteiger partial charge in [0.1, 0.15) is 0 Å².